The van der Waals surface area contributed by atoms with Crippen LogP contribution in [0.1, 0.15) is 42.4 Å². The van der Waals surface area contributed by atoms with Gasteiger partial charge in [-0.1, -0.05) is 54.6 Å². The van der Waals surface area contributed by atoms with Crippen molar-refractivity contribution in [2.24, 2.45) is 0 Å². The molecule has 0 spiro atoms. The van der Waals surface area contributed by atoms with Crippen LogP contribution in [0.15, 0.2) is 78.9 Å². The number of carbonyl (C=O) groups is 2. The monoisotopic (exact) mass is 546 g/mol. The molecule has 0 radical (unpaired) electrons. The molecule has 0 aromatic heterocycles. The van der Waals surface area contributed by atoms with Gasteiger partial charge in [-0.2, -0.15) is 0 Å². The van der Waals surface area contributed by atoms with Crippen LogP contribution in [0, 0.1) is 0 Å². The van der Waals surface area contributed by atoms with Crippen LogP contribution in [0.5, 0.6) is 11.5 Å². The fourth-order valence-corrected chi connectivity index (χ4v) is 5.63. The minimum absolute atomic E-state index is 0.0474. The van der Waals surface area contributed by atoms with Crippen molar-refractivity contribution in [3.05, 3.63) is 95.6 Å². The summed E-state index contributed by atoms with van der Waals surface area (Å²) >= 11 is 0. The molecule has 0 N–H and O–H groups in total. The van der Waals surface area contributed by atoms with Crippen molar-refractivity contribution in [2.45, 2.75) is 55.7 Å². The lowest BCUT2D eigenvalue weighted by atomic mass is 9.79. The summed E-state index contributed by atoms with van der Waals surface area (Å²) in [4.78, 5) is 24.4. The molecule has 0 saturated carbocycles. The number of hydrogen-bond acceptors (Lipinski definition) is 8. The van der Waals surface area contributed by atoms with E-state index >= 15 is 0 Å². The second kappa shape index (κ2) is 12.1. The van der Waals surface area contributed by atoms with Crippen LogP contribution < -0.4 is 9.47 Å². The summed E-state index contributed by atoms with van der Waals surface area (Å²) < 4.78 is 35.0. The summed E-state index contributed by atoms with van der Waals surface area (Å²) in [6.45, 7) is 0. The molecule has 0 unspecified atom stereocenters. The SMILES string of the molecule is COC(=O)CCC(=O)O[C@@H]1[C@H](OC(c2ccccc2)(c2ccc(OC)cc2)c2ccc(OC)cc2)[C@H]2CC[C@@H]1O2. The van der Waals surface area contributed by atoms with E-state index in [-0.39, 0.29) is 25.0 Å². The molecule has 8 nitrogen and oxygen atoms in total. The van der Waals surface area contributed by atoms with Crippen molar-refractivity contribution < 1.29 is 38.0 Å². The van der Waals surface area contributed by atoms with Gasteiger partial charge in [0.1, 0.15) is 23.2 Å². The summed E-state index contributed by atoms with van der Waals surface area (Å²) in [7, 11) is 4.55. The van der Waals surface area contributed by atoms with Crippen LogP contribution in [0.2, 0.25) is 0 Å². The van der Waals surface area contributed by atoms with E-state index in [1.54, 1.807) is 14.2 Å². The summed E-state index contributed by atoms with van der Waals surface area (Å²) in [6.07, 6.45) is -0.263. The standard InChI is InChI=1S/C32H34O8/c1-35-24-13-9-22(10-14-24)32(21-7-5-4-6-8-21,23-11-15-25(36-2)16-12-23)40-31-27-18-17-26(38-27)30(31)39-29(34)20-19-28(33)37-3/h4-16,26-27,30-31H,17-20H2,1-3H3/t26-,27+,30-,31+/m0/s1. The maximum atomic E-state index is 12.8. The van der Waals surface area contributed by atoms with Gasteiger partial charge in [-0.15, -0.1) is 0 Å². The van der Waals surface area contributed by atoms with E-state index < -0.39 is 29.7 Å². The van der Waals surface area contributed by atoms with Gasteiger partial charge in [0.15, 0.2) is 6.10 Å². The largest absolute Gasteiger partial charge is 0.497 e. The number of rotatable bonds is 11. The highest BCUT2D eigenvalue weighted by Gasteiger charge is 2.55. The Kier molecular flexibility index (Phi) is 8.38. The van der Waals surface area contributed by atoms with Crippen LogP contribution in [0.4, 0.5) is 0 Å². The molecule has 40 heavy (non-hydrogen) atoms. The fraction of sp³-hybridized carbons (Fsp3) is 0.375. The van der Waals surface area contributed by atoms with E-state index in [0.29, 0.717) is 0 Å². The third-order valence-corrected chi connectivity index (χ3v) is 7.66. The summed E-state index contributed by atoms with van der Waals surface area (Å²) in [5.41, 5.74) is 1.59. The molecule has 2 aliphatic rings. The lowest BCUT2D eigenvalue weighted by molar-refractivity contribution is -0.167. The van der Waals surface area contributed by atoms with Crippen molar-refractivity contribution in [1.82, 2.24) is 0 Å². The topological polar surface area (TPSA) is 89.5 Å². The summed E-state index contributed by atoms with van der Waals surface area (Å²) in [5, 5.41) is 0. The Morgan fingerprint density at radius 1 is 0.700 bits per heavy atom. The lowest BCUT2D eigenvalue weighted by Crippen LogP contribution is -2.48. The van der Waals surface area contributed by atoms with Crippen molar-refractivity contribution in [3.8, 4) is 11.5 Å². The van der Waals surface area contributed by atoms with Crippen molar-refractivity contribution >= 4 is 11.9 Å². The highest BCUT2D eigenvalue weighted by molar-refractivity contribution is 5.77. The van der Waals surface area contributed by atoms with Gasteiger partial charge in [-0.3, -0.25) is 9.59 Å². The van der Waals surface area contributed by atoms with Gasteiger partial charge in [0, 0.05) is 0 Å². The van der Waals surface area contributed by atoms with Gasteiger partial charge >= 0.3 is 11.9 Å². The van der Waals surface area contributed by atoms with Gasteiger partial charge in [-0.25, -0.2) is 0 Å². The zero-order valence-electron chi connectivity index (χ0n) is 22.9. The molecule has 4 atom stereocenters. The molecule has 2 fully saturated rings. The molecule has 2 bridgehead atoms. The highest BCUT2D eigenvalue weighted by atomic mass is 16.6. The molecule has 2 heterocycles. The number of hydrogen-bond donors (Lipinski definition) is 0. The molecule has 210 valence electrons. The Bertz CT molecular complexity index is 1240. The molecule has 2 saturated heterocycles. The first kappa shape index (κ1) is 27.7. The van der Waals surface area contributed by atoms with Crippen LogP contribution in [-0.4, -0.2) is 57.7 Å². The molecule has 5 rings (SSSR count). The Balaban J connectivity index is 1.58. The quantitative estimate of drug-likeness (QED) is 0.250. The molecule has 2 aliphatic heterocycles. The van der Waals surface area contributed by atoms with Crippen molar-refractivity contribution in [2.75, 3.05) is 21.3 Å². The third-order valence-electron chi connectivity index (χ3n) is 7.66. The van der Waals surface area contributed by atoms with E-state index in [4.69, 9.17) is 23.7 Å². The summed E-state index contributed by atoms with van der Waals surface area (Å²) in [6, 6.07) is 25.5. The smallest absolute Gasteiger partial charge is 0.306 e. The first-order chi connectivity index (χ1) is 19.5. The van der Waals surface area contributed by atoms with Gasteiger partial charge < -0.3 is 28.4 Å². The number of esters is 2. The van der Waals surface area contributed by atoms with Crippen LogP contribution in [0.25, 0.3) is 0 Å². The van der Waals surface area contributed by atoms with E-state index in [9.17, 15) is 9.59 Å². The van der Waals surface area contributed by atoms with E-state index in [2.05, 4.69) is 4.74 Å². The average molecular weight is 547 g/mol. The Labute approximate surface area is 234 Å². The molecule has 3 aromatic rings. The molecule has 0 aliphatic carbocycles. The normalized spacial score (nSPS) is 21.6. The fourth-order valence-electron chi connectivity index (χ4n) is 5.63. The number of benzene rings is 3. The zero-order chi connectivity index (χ0) is 28.1. The Morgan fingerprint density at radius 3 is 1.73 bits per heavy atom. The number of ether oxygens (including phenoxy) is 6. The van der Waals surface area contributed by atoms with Gasteiger partial charge in [0.05, 0.1) is 46.4 Å². The minimum atomic E-state index is -1.07. The van der Waals surface area contributed by atoms with Crippen LogP contribution in [-0.2, 0) is 34.1 Å². The van der Waals surface area contributed by atoms with Crippen molar-refractivity contribution in [1.29, 1.82) is 0 Å². The predicted octanol–water partition coefficient (Wildman–Crippen LogP) is 4.81. The molecule has 0 amide bonds. The van der Waals surface area contributed by atoms with Gasteiger partial charge in [0.25, 0.3) is 0 Å². The lowest BCUT2D eigenvalue weighted by Gasteiger charge is -2.41. The van der Waals surface area contributed by atoms with E-state index in [0.717, 1.165) is 41.0 Å². The molecule has 3 aromatic carbocycles. The number of fused-ring (bicyclic) bond motifs is 2. The third kappa shape index (κ3) is 5.42. The predicted molar refractivity (Wildman–Crippen MR) is 146 cm³/mol. The molecule has 8 heteroatoms. The highest BCUT2D eigenvalue weighted by Crippen LogP contribution is 2.47. The summed E-state index contributed by atoms with van der Waals surface area (Å²) in [5.74, 6) is 0.498. The zero-order valence-corrected chi connectivity index (χ0v) is 22.9. The number of methoxy groups -OCH3 is 3. The minimum Gasteiger partial charge on any atom is -0.497 e. The first-order valence-electron chi connectivity index (χ1n) is 13.4. The van der Waals surface area contributed by atoms with Crippen LogP contribution in [0.3, 0.4) is 0 Å². The first-order valence-corrected chi connectivity index (χ1v) is 13.4. The van der Waals surface area contributed by atoms with Crippen LogP contribution >= 0.6 is 0 Å². The number of carbonyl (C=O) groups excluding carboxylic acids is 2. The maximum absolute atomic E-state index is 12.8. The van der Waals surface area contributed by atoms with E-state index in [1.165, 1.54) is 7.11 Å². The Morgan fingerprint density at radius 2 is 1.20 bits per heavy atom. The second-order valence-electron chi connectivity index (χ2n) is 9.91. The Hall–Kier alpha value is -3.88. The average Bonchev–Trinajstić information content (AvgIpc) is 3.61. The molecular weight excluding hydrogens is 512 g/mol. The van der Waals surface area contributed by atoms with Gasteiger partial charge in [0.2, 0.25) is 0 Å². The maximum Gasteiger partial charge on any atom is 0.306 e. The molecular formula is C32H34O8. The van der Waals surface area contributed by atoms with Crippen molar-refractivity contribution in [3.63, 3.8) is 0 Å². The van der Waals surface area contributed by atoms with Gasteiger partial charge in [-0.05, 0) is 53.8 Å². The van der Waals surface area contributed by atoms with E-state index in [1.807, 2.05) is 78.9 Å². The second-order valence-corrected chi connectivity index (χ2v) is 9.91.